The molecule has 1 aliphatic carbocycles. The van der Waals surface area contributed by atoms with Crippen LogP contribution in [0.2, 0.25) is 0 Å². The molecular weight excluding hydrogens is 194 g/mol. The van der Waals surface area contributed by atoms with E-state index in [1.165, 1.54) is 6.20 Å². The number of aromatic nitrogens is 1. The summed E-state index contributed by atoms with van der Waals surface area (Å²) in [5.41, 5.74) is 5.53. The summed E-state index contributed by atoms with van der Waals surface area (Å²) in [6.07, 6.45) is 3.82. The fourth-order valence-corrected chi connectivity index (χ4v) is 1.22. The third-order valence-electron chi connectivity index (χ3n) is 2.19. The number of rotatable bonds is 4. The standard InChI is InChI=1S/C10H13N3O2/c1-12-10-8(15-7-2-3-7)4-6(5-13-10)9(11)14/h4-5,7H,2-3H2,1H3,(H2,11,14)(H,12,13). The second kappa shape index (κ2) is 3.76. The number of primary amides is 1. The first kappa shape index (κ1) is 9.76. The monoisotopic (exact) mass is 207 g/mol. The Morgan fingerprint density at radius 2 is 2.40 bits per heavy atom. The van der Waals surface area contributed by atoms with E-state index in [1.807, 2.05) is 0 Å². The fourth-order valence-electron chi connectivity index (χ4n) is 1.22. The van der Waals surface area contributed by atoms with Gasteiger partial charge in [0.15, 0.2) is 11.6 Å². The van der Waals surface area contributed by atoms with Crippen molar-refractivity contribution in [3.63, 3.8) is 0 Å². The minimum absolute atomic E-state index is 0.266. The molecule has 2 rings (SSSR count). The van der Waals surface area contributed by atoms with Crippen LogP contribution in [0.3, 0.4) is 0 Å². The highest BCUT2D eigenvalue weighted by Crippen LogP contribution is 2.31. The molecule has 0 radical (unpaired) electrons. The molecule has 5 heteroatoms. The van der Waals surface area contributed by atoms with Crippen LogP contribution in [0.15, 0.2) is 12.3 Å². The molecule has 1 aromatic heterocycles. The van der Waals surface area contributed by atoms with Crippen LogP contribution in [-0.2, 0) is 0 Å². The van der Waals surface area contributed by atoms with E-state index in [-0.39, 0.29) is 6.10 Å². The molecule has 5 nitrogen and oxygen atoms in total. The average molecular weight is 207 g/mol. The van der Waals surface area contributed by atoms with Gasteiger partial charge < -0.3 is 15.8 Å². The Morgan fingerprint density at radius 1 is 1.67 bits per heavy atom. The zero-order chi connectivity index (χ0) is 10.8. The van der Waals surface area contributed by atoms with E-state index in [2.05, 4.69) is 10.3 Å². The van der Waals surface area contributed by atoms with Crippen molar-refractivity contribution in [2.45, 2.75) is 18.9 Å². The minimum Gasteiger partial charge on any atom is -0.487 e. The van der Waals surface area contributed by atoms with E-state index >= 15 is 0 Å². The lowest BCUT2D eigenvalue weighted by molar-refractivity contribution is 0.0999. The van der Waals surface area contributed by atoms with Crippen LogP contribution in [-0.4, -0.2) is 24.0 Å². The number of anilines is 1. The van der Waals surface area contributed by atoms with Gasteiger partial charge in [0.2, 0.25) is 5.91 Å². The Labute approximate surface area is 87.6 Å². The Balaban J connectivity index is 2.28. The molecule has 1 saturated carbocycles. The molecule has 1 amide bonds. The number of hydrogen-bond acceptors (Lipinski definition) is 4. The molecule has 80 valence electrons. The zero-order valence-corrected chi connectivity index (χ0v) is 8.49. The first-order valence-corrected chi connectivity index (χ1v) is 4.85. The van der Waals surface area contributed by atoms with Gasteiger partial charge in [0.1, 0.15) is 0 Å². The van der Waals surface area contributed by atoms with Crippen LogP contribution in [0.4, 0.5) is 5.82 Å². The van der Waals surface area contributed by atoms with Gasteiger partial charge in [-0.15, -0.1) is 0 Å². The molecule has 0 atom stereocenters. The predicted octanol–water partition coefficient (Wildman–Crippen LogP) is 0.763. The highest BCUT2D eigenvalue weighted by Gasteiger charge is 2.25. The lowest BCUT2D eigenvalue weighted by Gasteiger charge is -2.10. The molecular formula is C10H13N3O2. The number of carbonyl (C=O) groups is 1. The number of nitrogens with two attached hydrogens (primary N) is 1. The van der Waals surface area contributed by atoms with Gasteiger partial charge in [-0.05, 0) is 18.9 Å². The summed E-state index contributed by atoms with van der Waals surface area (Å²) in [6, 6.07) is 1.62. The van der Waals surface area contributed by atoms with Crippen molar-refractivity contribution >= 4 is 11.7 Å². The van der Waals surface area contributed by atoms with Crippen molar-refractivity contribution in [2.24, 2.45) is 5.73 Å². The van der Waals surface area contributed by atoms with Crippen molar-refractivity contribution in [1.82, 2.24) is 4.98 Å². The van der Waals surface area contributed by atoms with Gasteiger partial charge >= 0.3 is 0 Å². The number of ether oxygens (including phenoxy) is 1. The molecule has 0 aromatic carbocycles. The largest absolute Gasteiger partial charge is 0.487 e. The molecule has 1 fully saturated rings. The molecule has 1 heterocycles. The molecule has 3 N–H and O–H groups in total. The topological polar surface area (TPSA) is 77.2 Å². The Kier molecular flexibility index (Phi) is 2.45. The summed E-state index contributed by atoms with van der Waals surface area (Å²) in [4.78, 5) is 15.0. The quantitative estimate of drug-likeness (QED) is 0.764. The van der Waals surface area contributed by atoms with E-state index in [1.54, 1.807) is 13.1 Å². The summed E-state index contributed by atoms with van der Waals surface area (Å²) in [6.45, 7) is 0. The Bertz CT molecular complexity index is 388. The first-order chi connectivity index (χ1) is 7.20. The molecule has 0 aliphatic heterocycles. The Morgan fingerprint density at radius 3 is 2.93 bits per heavy atom. The summed E-state index contributed by atoms with van der Waals surface area (Å²) in [7, 11) is 1.76. The number of nitrogens with one attached hydrogen (secondary N) is 1. The Hall–Kier alpha value is -1.78. The first-order valence-electron chi connectivity index (χ1n) is 4.85. The molecule has 1 aliphatic rings. The highest BCUT2D eigenvalue weighted by molar-refractivity contribution is 5.93. The molecule has 0 saturated heterocycles. The number of carbonyl (C=O) groups excluding carboxylic acids is 1. The van der Waals surface area contributed by atoms with E-state index in [0.29, 0.717) is 17.1 Å². The zero-order valence-electron chi connectivity index (χ0n) is 8.49. The summed E-state index contributed by atoms with van der Waals surface area (Å²) < 4.78 is 5.61. The maximum absolute atomic E-state index is 11.0. The lowest BCUT2D eigenvalue weighted by Crippen LogP contribution is -2.12. The van der Waals surface area contributed by atoms with Gasteiger partial charge in [0.05, 0.1) is 11.7 Å². The van der Waals surface area contributed by atoms with Crippen molar-refractivity contribution in [2.75, 3.05) is 12.4 Å². The number of amides is 1. The van der Waals surface area contributed by atoms with Gasteiger partial charge in [-0.25, -0.2) is 4.98 Å². The fraction of sp³-hybridized carbons (Fsp3) is 0.400. The SMILES string of the molecule is CNc1ncc(C(N)=O)cc1OC1CC1. The third-order valence-corrected chi connectivity index (χ3v) is 2.19. The van der Waals surface area contributed by atoms with Crippen molar-refractivity contribution in [3.8, 4) is 5.75 Å². The second-order valence-electron chi connectivity index (χ2n) is 3.50. The van der Waals surface area contributed by atoms with E-state index in [0.717, 1.165) is 12.8 Å². The summed E-state index contributed by atoms with van der Waals surface area (Å²) in [5, 5.41) is 2.91. The number of nitrogens with zero attached hydrogens (tertiary/aromatic N) is 1. The average Bonchev–Trinajstić information content (AvgIpc) is 3.01. The summed E-state index contributed by atoms with van der Waals surface area (Å²) in [5.74, 6) is 0.731. The summed E-state index contributed by atoms with van der Waals surface area (Å²) >= 11 is 0. The number of hydrogen-bond donors (Lipinski definition) is 2. The van der Waals surface area contributed by atoms with Crippen molar-refractivity contribution < 1.29 is 9.53 Å². The van der Waals surface area contributed by atoms with Crippen LogP contribution in [0.5, 0.6) is 5.75 Å². The number of pyridine rings is 1. The van der Waals surface area contributed by atoms with Crippen LogP contribution in [0.25, 0.3) is 0 Å². The van der Waals surface area contributed by atoms with Crippen LogP contribution < -0.4 is 15.8 Å². The van der Waals surface area contributed by atoms with Gasteiger partial charge in [-0.1, -0.05) is 0 Å². The van der Waals surface area contributed by atoms with E-state index in [4.69, 9.17) is 10.5 Å². The smallest absolute Gasteiger partial charge is 0.250 e. The third kappa shape index (κ3) is 2.18. The van der Waals surface area contributed by atoms with Crippen molar-refractivity contribution in [3.05, 3.63) is 17.8 Å². The van der Waals surface area contributed by atoms with Crippen LogP contribution >= 0.6 is 0 Å². The van der Waals surface area contributed by atoms with E-state index in [9.17, 15) is 4.79 Å². The lowest BCUT2D eigenvalue weighted by atomic mass is 10.2. The normalized spacial score (nSPS) is 14.7. The molecule has 0 spiro atoms. The predicted molar refractivity (Wildman–Crippen MR) is 56.0 cm³/mol. The van der Waals surface area contributed by atoms with Gasteiger partial charge in [0.25, 0.3) is 0 Å². The minimum atomic E-state index is -0.495. The van der Waals surface area contributed by atoms with Gasteiger partial charge in [-0.2, -0.15) is 0 Å². The highest BCUT2D eigenvalue weighted by atomic mass is 16.5. The van der Waals surface area contributed by atoms with Crippen LogP contribution in [0, 0.1) is 0 Å². The van der Waals surface area contributed by atoms with Crippen LogP contribution in [0.1, 0.15) is 23.2 Å². The van der Waals surface area contributed by atoms with Gasteiger partial charge in [0, 0.05) is 13.2 Å². The van der Waals surface area contributed by atoms with E-state index < -0.39 is 5.91 Å². The second-order valence-corrected chi connectivity index (χ2v) is 3.50. The maximum Gasteiger partial charge on any atom is 0.250 e. The van der Waals surface area contributed by atoms with Gasteiger partial charge in [-0.3, -0.25) is 4.79 Å². The molecule has 0 unspecified atom stereocenters. The molecule has 0 bridgehead atoms. The maximum atomic E-state index is 11.0. The molecule has 15 heavy (non-hydrogen) atoms. The molecule has 1 aromatic rings. The van der Waals surface area contributed by atoms with Crippen molar-refractivity contribution in [1.29, 1.82) is 0 Å².